The third-order valence-electron chi connectivity index (χ3n) is 4.67. The molecule has 3 rings (SSSR count). The predicted molar refractivity (Wildman–Crippen MR) is 65.2 cm³/mol. The summed E-state index contributed by atoms with van der Waals surface area (Å²) >= 11 is 0. The molecule has 3 nitrogen and oxygen atoms in total. The van der Waals surface area contributed by atoms with Crippen LogP contribution in [0.2, 0.25) is 0 Å². The van der Waals surface area contributed by atoms with E-state index in [1.807, 2.05) is 11.7 Å². The minimum absolute atomic E-state index is 0.706. The zero-order valence-corrected chi connectivity index (χ0v) is 10.2. The number of aromatic nitrogens is 2. The lowest BCUT2D eigenvalue weighted by molar-refractivity contribution is 0.409. The fraction of sp³-hybridized carbons (Fsp3) is 0.769. The Hall–Kier alpha value is -0.990. The highest BCUT2D eigenvalue weighted by Gasteiger charge is 2.42. The predicted octanol–water partition coefficient (Wildman–Crippen LogP) is 2.47. The third kappa shape index (κ3) is 1.30. The maximum atomic E-state index is 6.08. The van der Waals surface area contributed by atoms with Gasteiger partial charge in [-0.3, -0.25) is 4.68 Å². The van der Waals surface area contributed by atoms with E-state index in [1.54, 1.807) is 0 Å². The van der Waals surface area contributed by atoms with Crippen molar-refractivity contribution in [1.82, 2.24) is 9.78 Å². The fourth-order valence-electron chi connectivity index (χ4n) is 3.84. The van der Waals surface area contributed by atoms with E-state index in [0.717, 1.165) is 24.1 Å². The van der Waals surface area contributed by atoms with Crippen LogP contribution in [0.15, 0.2) is 0 Å². The van der Waals surface area contributed by atoms with E-state index in [1.165, 1.54) is 36.9 Å². The largest absolute Gasteiger partial charge is 0.384 e. The lowest BCUT2D eigenvalue weighted by Gasteiger charge is -2.20. The first-order valence-electron chi connectivity index (χ1n) is 6.52. The highest BCUT2D eigenvalue weighted by molar-refractivity contribution is 5.45. The highest BCUT2D eigenvalue weighted by atomic mass is 15.3. The van der Waals surface area contributed by atoms with Gasteiger partial charge in [-0.05, 0) is 37.5 Å². The molecule has 2 aliphatic carbocycles. The Morgan fingerprint density at radius 3 is 2.75 bits per heavy atom. The molecule has 1 aromatic rings. The molecular weight excluding hydrogens is 198 g/mol. The van der Waals surface area contributed by atoms with Crippen LogP contribution in [0.4, 0.5) is 5.82 Å². The first-order chi connectivity index (χ1) is 7.70. The lowest BCUT2D eigenvalue weighted by Crippen LogP contribution is -2.11. The molecular formula is C13H21N3. The van der Waals surface area contributed by atoms with E-state index < -0.39 is 0 Å². The van der Waals surface area contributed by atoms with Crippen LogP contribution in [0.25, 0.3) is 0 Å². The monoisotopic (exact) mass is 219 g/mol. The molecule has 3 heteroatoms. The summed E-state index contributed by atoms with van der Waals surface area (Å²) in [5.41, 5.74) is 8.70. The molecule has 2 N–H and O–H groups in total. The molecule has 16 heavy (non-hydrogen) atoms. The Bertz CT molecular complexity index is 408. The average Bonchev–Trinajstić information content (AvgIpc) is 2.94. The van der Waals surface area contributed by atoms with Crippen LogP contribution >= 0.6 is 0 Å². The van der Waals surface area contributed by atoms with Crippen LogP contribution in [0.3, 0.4) is 0 Å². The van der Waals surface area contributed by atoms with Gasteiger partial charge in [0.2, 0.25) is 0 Å². The normalized spacial score (nSPS) is 32.5. The Morgan fingerprint density at radius 1 is 1.38 bits per heavy atom. The molecule has 0 amide bonds. The van der Waals surface area contributed by atoms with Crippen LogP contribution in [-0.2, 0) is 13.5 Å². The highest BCUT2D eigenvalue weighted by Crippen LogP contribution is 2.53. The van der Waals surface area contributed by atoms with E-state index in [4.69, 9.17) is 5.73 Å². The number of nitrogens with zero attached hydrogens (tertiary/aromatic N) is 2. The molecule has 3 unspecified atom stereocenters. The number of hydrogen-bond donors (Lipinski definition) is 1. The van der Waals surface area contributed by atoms with Crippen molar-refractivity contribution in [3.63, 3.8) is 0 Å². The summed E-state index contributed by atoms with van der Waals surface area (Å²) in [5.74, 6) is 3.45. The van der Waals surface area contributed by atoms with E-state index in [-0.39, 0.29) is 0 Å². The Morgan fingerprint density at radius 2 is 2.19 bits per heavy atom. The number of hydrogen-bond acceptors (Lipinski definition) is 2. The molecule has 0 aromatic carbocycles. The minimum atomic E-state index is 0.706. The van der Waals surface area contributed by atoms with Crippen LogP contribution in [-0.4, -0.2) is 9.78 Å². The summed E-state index contributed by atoms with van der Waals surface area (Å²) in [6, 6.07) is 0. The molecule has 0 aliphatic heterocycles. The van der Waals surface area contributed by atoms with Crippen molar-refractivity contribution >= 4 is 5.82 Å². The molecule has 3 atom stereocenters. The van der Waals surface area contributed by atoms with Crippen LogP contribution in [0.5, 0.6) is 0 Å². The van der Waals surface area contributed by atoms with Gasteiger partial charge in [0.25, 0.3) is 0 Å². The first kappa shape index (κ1) is 10.2. The second kappa shape index (κ2) is 3.51. The number of fused-ring (bicyclic) bond motifs is 2. The van der Waals surface area contributed by atoms with Gasteiger partial charge in [0.1, 0.15) is 5.82 Å². The second-order valence-corrected chi connectivity index (χ2v) is 5.51. The Labute approximate surface area is 97.0 Å². The van der Waals surface area contributed by atoms with Gasteiger partial charge >= 0.3 is 0 Å². The topological polar surface area (TPSA) is 43.8 Å². The molecule has 1 heterocycles. The van der Waals surface area contributed by atoms with Gasteiger partial charge < -0.3 is 5.73 Å². The van der Waals surface area contributed by atoms with Crippen molar-refractivity contribution in [1.29, 1.82) is 0 Å². The SMILES string of the molecule is CCc1c(C2CC3CCC2C3)nn(C)c1N. The maximum absolute atomic E-state index is 6.08. The summed E-state index contributed by atoms with van der Waals surface area (Å²) in [6.07, 6.45) is 6.67. The summed E-state index contributed by atoms with van der Waals surface area (Å²) in [4.78, 5) is 0. The third-order valence-corrected chi connectivity index (χ3v) is 4.67. The summed E-state index contributed by atoms with van der Waals surface area (Å²) in [5, 5.41) is 4.67. The summed E-state index contributed by atoms with van der Waals surface area (Å²) < 4.78 is 1.86. The number of nitrogen functional groups attached to an aromatic ring is 1. The van der Waals surface area contributed by atoms with Crippen molar-refractivity contribution < 1.29 is 0 Å². The van der Waals surface area contributed by atoms with Gasteiger partial charge in [0.15, 0.2) is 0 Å². The standard InChI is InChI=1S/C13H21N3/c1-3-10-12(15-16(2)13(10)14)11-7-8-4-5-9(11)6-8/h8-9,11H,3-7,14H2,1-2H3. The number of aryl methyl sites for hydroxylation is 1. The molecule has 1 aromatic heterocycles. The van der Waals surface area contributed by atoms with Crippen LogP contribution < -0.4 is 5.73 Å². The van der Waals surface area contributed by atoms with Gasteiger partial charge in [-0.2, -0.15) is 5.10 Å². The molecule has 2 aliphatic rings. The van der Waals surface area contributed by atoms with Crippen molar-refractivity contribution in [2.75, 3.05) is 5.73 Å². The Kier molecular flexibility index (Phi) is 2.23. The number of anilines is 1. The van der Waals surface area contributed by atoms with E-state index in [0.29, 0.717) is 5.92 Å². The average molecular weight is 219 g/mol. The van der Waals surface area contributed by atoms with Gasteiger partial charge in [-0.1, -0.05) is 13.3 Å². The van der Waals surface area contributed by atoms with Crippen LogP contribution in [0, 0.1) is 11.8 Å². The van der Waals surface area contributed by atoms with E-state index >= 15 is 0 Å². The maximum Gasteiger partial charge on any atom is 0.124 e. The van der Waals surface area contributed by atoms with Gasteiger partial charge in [0.05, 0.1) is 5.69 Å². The minimum Gasteiger partial charge on any atom is -0.384 e. The quantitative estimate of drug-likeness (QED) is 0.830. The molecule has 88 valence electrons. The lowest BCUT2D eigenvalue weighted by atomic mass is 9.84. The van der Waals surface area contributed by atoms with Gasteiger partial charge in [-0.25, -0.2) is 0 Å². The number of nitrogens with two attached hydrogens (primary N) is 1. The molecule has 0 radical (unpaired) electrons. The summed E-state index contributed by atoms with van der Waals surface area (Å²) in [6.45, 7) is 2.18. The zero-order chi connectivity index (χ0) is 11.3. The summed E-state index contributed by atoms with van der Waals surface area (Å²) in [7, 11) is 1.96. The van der Waals surface area contributed by atoms with Crippen molar-refractivity contribution in [3.8, 4) is 0 Å². The Balaban J connectivity index is 1.97. The van der Waals surface area contributed by atoms with Gasteiger partial charge in [0, 0.05) is 18.5 Å². The first-order valence-corrected chi connectivity index (χ1v) is 6.52. The smallest absolute Gasteiger partial charge is 0.124 e. The van der Waals surface area contributed by atoms with E-state index in [9.17, 15) is 0 Å². The van der Waals surface area contributed by atoms with Crippen molar-refractivity contribution in [2.45, 2.75) is 44.9 Å². The molecule has 2 bridgehead atoms. The molecule has 2 saturated carbocycles. The van der Waals surface area contributed by atoms with Crippen molar-refractivity contribution in [3.05, 3.63) is 11.3 Å². The second-order valence-electron chi connectivity index (χ2n) is 5.51. The zero-order valence-electron chi connectivity index (χ0n) is 10.2. The fourth-order valence-corrected chi connectivity index (χ4v) is 3.84. The van der Waals surface area contributed by atoms with Gasteiger partial charge in [-0.15, -0.1) is 0 Å². The molecule has 0 spiro atoms. The van der Waals surface area contributed by atoms with Crippen molar-refractivity contribution in [2.24, 2.45) is 18.9 Å². The number of rotatable bonds is 2. The molecule has 2 fully saturated rings. The van der Waals surface area contributed by atoms with Crippen LogP contribution in [0.1, 0.15) is 49.8 Å². The molecule has 0 saturated heterocycles. The van der Waals surface area contributed by atoms with E-state index in [2.05, 4.69) is 12.0 Å².